The lowest BCUT2D eigenvalue weighted by Crippen LogP contribution is -2.44. The van der Waals surface area contributed by atoms with Crippen LogP contribution in [-0.4, -0.2) is 51.4 Å². The minimum Gasteiger partial charge on any atom is -0.486 e. The van der Waals surface area contributed by atoms with E-state index in [-0.39, 0.29) is 23.3 Å². The lowest BCUT2D eigenvalue weighted by molar-refractivity contribution is -0.132. The van der Waals surface area contributed by atoms with E-state index in [9.17, 15) is 9.59 Å². The average Bonchev–Trinajstić information content (AvgIpc) is 2.89. The fraction of sp³-hybridized carbons (Fsp3) is 0.423. The first-order chi connectivity index (χ1) is 16.6. The van der Waals surface area contributed by atoms with Crippen LogP contribution < -0.4 is 15.0 Å². The number of ether oxygens (including phenoxy) is 2. The number of benzene rings is 2. The Balaban J connectivity index is 1.40. The summed E-state index contributed by atoms with van der Waals surface area (Å²) in [7, 11) is 0. The molecule has 34 heavy (non-hydrogen) atoms. The predicted octanol–water partition coefficient (Wildman–Crippen LogP) is 4.12. The molecule has 1 fully saturated rings. The van der Waals surface area contributed by atoms with Gasteiger partial charge in [-0.1, -0.05) is 43.0 Å². The van der Waals surface area contributed by atoms with Crippen LogP contribution in [0.2, 0.25) is 0 Å². The number of rotatable bonds is 6. The molecule has 178 valence electrons. The first-order valence-corrected chi connectivity index (χ1v) is 12.9. The monoisotopic (exact) mass is 479 g/mol. The van der Waals surface area contributed by atoms with Gasteiger partial charge in [0, 0.05) is 12.6 Å². The highest BCUT2D eigenvalue weighted by molar-refractivity contribution is 7.99. The van der Waals surface area contributed by atoms with Crippen LogP contribution in [0, 0.1) is 0 Å². The van der Waals surface area contributed by atoms with Gasteiger partial charge in [0.25, 0.3) is 5.56 Å². The maximum atomic E-state index is 13.4. The molecule has 0 bridgehead atoms. The van der Waals surface area contributed by atoms with Crippen molar-refractivity contribution in [2.24, 2.45) is 0 Å². The zero-order valence-electron chi connectivity index (χ0n) is 19.3. The standard InChI is InChI=1S/C26H29N3O4S/c1-2-18-9-7-8-14-28(18)24(30)17-34-26-27-21-11-4-3-10-20(21)25(31)29(26)15-19-16-32-22-12-5-6-13-23(22)33-19/h3-6,10-13,18-19H,2,7-9,14-17H2,1H3/t18-,19-/m1/s1. The molecule has 0 saturated carbocycles. The van der Waals surface area contributed by atoms with Crippen LogP contribution in [0.4, 0.5) is 0 Å². The largest absolute Gasteiger partial charge is 0.486 e. The molecule has 8 heteroatoms. The van der Waals surface area contributed by atoms with Crippen LogP contribution in [0.1, 0.15) is 32.6 Å². The number of para-hydroxylation sites is 3. The van der Waals surface area contributed by atoms with Crippen molar-refractivity contribution in [2.75, 3.05) is 18.9 Å². The lowest BCUT2D eigenvalue weighted by Gasteiger charge is -2.35. The van der Waals surface area contributed by atoms with Gasteiger partial charge in [0.15, 0.2) is 22.8 Å². The summed E-state index contributed by atoms with van der Waals surface area (Å²) in [5, 5.41) is 1.09. The van der Waals surface area contributed by atoms with Gasteiger partial charge in [-0.05, 0) is 49.9 Å². The molecule has 0 N–H and O–H groups in total. The molecule has 5 rings (SSSR count). The molecule has 0 unspecified atom stereocenters. The molecule has 1 aromatic heterocycles. The average molecular weight is 480 g/mol. The van der Waals surface area contributed by atoms with Gasteiger partial charge in [-0.2, -0.15) is 0 Å². The number of thioether (sulfide) groups is 1. The molecule has 3 aromatic rings. The number of likely N-dealkylation sites (tertiary alicyclic amines) is 1. The maximum absolute atomic E-state index is 13.4. The van der Waals surface area contributed by atoms with Crippen LogP contribution in [0.5, 0.6) is 11.5 Å². The van der Waals surface area contributed by atoms with Gasteiger partial charge in [0.1, 0.15) is 6.61 Å². The van der Waals surface area contributed by atoms with E-state index in [0.29, 0.717) is 46.8 Å². The van der Waals surface area contributed by atoms with Crippen molar-refractivity contribution in [3.05, 3.63) is 58.9 Å². The second-order valence-corrected chi connectivity index (χ2v) is 9.70. The highest BCUT2D eigenvalue weighted by atomic mass is 32.2. The fourth-order valence-electron chi connectivity index (χ4n) is 4.74. The molecule has 0 spiro atoms. The Labute approximate surface area is 203 Å². The van der Waals surface area contributed by atoms with E-state index in [4.69, 9.17) is 14.5 Å². The first kappa shape index (κ1) is 22.8. The van der Waals surface area contributed by atoms with Crippen molar-refractivity contribution in [1.82, 2.24) is 14.5 Å². The lowest BCUT2D eigenvalue weighted by atomic mass is 10.0. The molecule has 1 amide bonds. The van der Waals surface area contributed by atoms with Crippen LogP contribution >= 0.6 is 11.8 Å². The topological polar surface area (TPSA) is 73.7 Å². The van der Waals surface area contributed by atoms with E-state index in [1.807, 2.05) is 47.4 Å². The number of fused-ring (bicyclic) bond motifs is 2. The van der Waals surface area contributed by atoms with Gasteiger partial charge in [-0.15, -0.1) is 0 Å². The number of nitrogens with zero attached hydrogens (tertiary/aromatic N) is 3. The molecule has 2 atom stereocenters. The third kappa shape index (κ3) is 4.64. The molecular weight excluding hydrogens is 450 g/mol. The Bertz CT molecular complexity index is 1240. The molecule has 1 saturated heterocycles. The maximum Gasteiger partial charge on any atom is 0.262 e. The molecule has 2 aromatic carbocycles. The molecule has 2 aliphatic heterocycles. The zero-order valence-corrected chi connectivity index (χ0v) is 20.1. The first-order valence-electron chi connectivity index (χ1n) is 11.9. The van der Waals surface area contributed by atoms with E-state index < -0.39 is 0 Å². The predicted molar refractivity (Wildman–Crippen MR) is 133 cm³/mol. The van der Waals surface area contributed by atoms with Gasteiger partial charge >= 0.3 is 0 Å². The number of aromatic nitrogens is 2. The summed E-state index contributed by atoms with van der Waals surface area (Å²) in [5.41, 5.74) is 0.502. The Morgan fingerprint density at radius 3 is 2.76 bits per heavy atom. The Morgan fingerprint density at radius 1 is 1.12 bits per heavy atom. The third-order valence-electron chi connectivity index (χ3n) is 6.52. The smallest absolute Gasteiger partial charge is 0.262 e. The Morgan fingerprint density at radius 2 is 1.91 bits per heavy atom. The highest BCUT2D eigenvalue weighted by Crippen LogP contribution is 2.31. The van der Waals surface area contributed by atoms with Gasteiger partial charge in [0.2, 0.25) is 5.91 Å². The number of piperidine rings is 1. The molecule has 7 nitrogen and oxygen atoms in total. The third-order valence-corrected chi connectivity index (χ3v) is 7.48. The number of amides is 1. The second-order valence-electron chi connectivity index (χ2n) is 8.76. The number of hydrogen-bond donors (Lipinski definition) is 0. The van der Waals surface area contributed by atoms with Crippen LogP contribution in [0.15, 0.2) is 58.5 Å². The quantitative estimate of drug-likeness (QED) is 0.391. The van der Waals surface area contributed by atoms with Crippen molar-refractivity contribution in [1.29, 1.82) is 0 Å². The summed E-state index contributed by atoms with van der Waals surface area (Å²) in [6, 6.07) is 15.2. The highest BCUT2D eigenvalue weighted by Gasteiger charge is 2.27. The Hall–Kier alpha value is -3.00. The summed E-state index contributed by atoms with van der Waals surface area (Å²) in [5.74, 6) is 1.74. The zero-order chi connectivity index (χ0) is 23.5. The van der Waals surface area contributed by atoms with E-state index in [0.717, 1.165) is 25.8 Å². The van der Waals surface area contributed by atoms with Crippen molar-refractivity contribution in [2.45, 2.75) is 56.5 Å². The number of carbonyl (C=O) groups excluding carboxylic acids is 1. The van der Waals surface area contributed by atoms with E-state index in [2.05, 4.69) is 6.92 Å². The second kappa shape index (κ2) is 10.1. The minimum absolute atomic E-state index is 0.108. The van der Waals surface area contributed by atoms with Gasteiger partial charge < -0.3 is 14.4 Å². The van der Waals surface area contributed by atoms with Crippen molar-refractivity contribution in [3.63, 3.8) is 0 Å². The number of carbonyl (C=O) groups is 1. The molecular formula is C26H29N3O4S. The molecule has 0 radical (unpaired) electrons. The molecule has 3 heterocycles. The van der Waals surface area contributed by atoms with Crippen LogP contribution in [0.25, 0.3) is 10.9 Å². The summed E-state index contributed by atoms with van der Waals surface area (Å²) in [6.07, 6.45) is 3.92. The van der Waals surface area contributed by atoms with Crippen molar-refractivity contribution in [3.8, 4) is 11.5 Å². The van der Waals surface area contributed by atoms with E-state index in [1.165, 1.54) is 18.2 Å². The van der Waals surface area contributed by atoms with Crippen molar-refractivity contribution >= 4 is 28.6 Å². The van der Waals surface area contributed by atoms with Gasteiger partial charge in [-0.3, -0.25) is 14.2 Å². The van der Waals surface area contributed by atoms with Gasteiger partial charge in [0.05, 0.1) is 23.2 Å². The van der Waals surface area contributed by atoms with E-state index in [1.54, 1.807) is 10.6 Å². The minimum atomic E-state index is -0.336. The van der Waals surface area contributed by atoms with Crippen LogP contribution in [-0.2, 0) is 11.3 Å². The normalized spacial score (nSPS) is 19.9. The summed E-state index contributed by atoms with van der Waals surface area (Å²) in [4.78, 5) is 33.3. The van der Waals surface area contributed by atoms with Crippen molar-refractivity contribution < 1.29 is 14.3 Å². The summed E-state index contributed by atoms with van der Waals surface area (Å²) >= 11 is 1.33. The Kier molecular flexibility index (Phi) is 6.76. The molecule has 2 aliphatic rings. The van der Waals surface area contributed by atoms with Crippen LogP contribution in [0.3, 0.4) is 0 Å². The summed E-state index contributed by atoms with van der Waals surface area (Å²) < 4.78 is 13.6. The van der Waals surface area contributed by atoms with Gasteiger partial charge in [-0.25, -0.2) is 4.98 Å². The molecule has 0 aliphatic carbocycles. The fourth-order valence-corrected chi connectivity index (χ4v) is 5.63. The SMILES string of the molecule is CC[C@@H]1CCCCN1C(=O)CSc1nc2ccccc2c(=O)n1C[C@@H]1COc2ccccc2O1. The van der Waals surface area contributed by atoms with E-state index >= 15 is 0 Å². The summed E-state index contributed by atoms with van der Waals surface area (Å²) in [6.45, 7) is 3.58. The number of hydrogen-bond acceptors (Lipinski definition) is 6.